The molecule has 3 rings (SSSR count). The van der Waals surface area contributed by atoms with Gasteiger partial charge in [-0.2, -0.15) is 5.10 Å². The van der Waals surface area contributed by atoms with Crippen LogP contribution in [0.4, 0.5) is 0 Å². The van der Waals surface area contributed by atoms with E-state index in [0.717, 1.165) is 28.0 Å². The van der Waals surface area contributed by atoms with Gasteiger partial charge in [0.2, 0.25) is 5.91 Å². The van der Waals surface area contributed by atoms with Gasteiger partial charge >= 0.3 is 0 Å². The van der Waals surface area contributed by atoms with E-state index in [0.29, 0.717) is 6.42 Å². The zero-order chi connectivity index (χ0) is 15.0. The van der Waals surface area contributed by atoms with Gasteiger partial charge in [0.25, 0.3) is 0 Å². The fourth-order valence-electron chi connectivity index (χ4n) is 2.46. The van der Waals surface area contributed by atoms with E-state index in [1.807, 2.05) is 45.2 Å². The Kier molecular flexibility index (Phi) is 3.21. The first-order valence-electron chi connectivity index (χ1n) is 6.77. The van der Waals surface area contributed by atoms with Crippen molar-refractivity contribution < 1.29 is 4.79 Å². The zero-order valence-electron chi connectivity index (χ0n) is 12.3. The van der Waals surface area contributed by atoms with Crippen LogP contribution in [0.25, 0.3) is 11.0 Å². The molecule has 0 atom stereocenters. The zero-order valence-corrected chi connectivity index (χ0v) is 12.3. The van der Waals surface area contributed by atoms with Gasteiger partial charge in [-0.15, -0.1) is 0 Å². The minimum Gasteiger partial charge on any atom is -0.273 e. The smallest absolute Gasteiger partial charge is 0.243 e. The topological polar surface area (TPSA) is 64.7 Å². The predicted molar refractivity (Wildman–Crippen MR) is 80.5 cm³/mol. The summed E-state index contributed by atoms with van der Waals surface area (Å²) in [6.45, 7) is 3.89. The SMILES string of the molecule is Cc1nn(C)c(C)c1CC(=O)Nn1cnc2ccccc21. The number of para-hydroxylation sites is 2. The summed E-state index contributed by atoms with van der Waals surface area (Å²) in [6, 6.07) is 7.67. The van der Waals surface area contributed by atoms with Crippen molar-refractivity contribution in [2.24, 2.45) is 7.05 Å². The van der Waals surface area contributed by atoms with Crippen molar-refractivity contribution >= 4 is 16.9 Å². The first-order valence-corrected chi connectivity index (χ1v) is 6.77. The van der Waals surface area contributed by atoms with Crippen molar-refractivity contribution in [2.75, 3.05) is 5.43 Å². The van der Waals surface area contributed by atoms with Crippen molar-refractivity contribution in [3.8, 4) is 0 Å². The number of fused-ring (bicyclic) bond motifs is 1. The van der Waals surface area contributed by atoms with Crippen LogP contribution >= 0.6 is 0 Å². The Hall–Kier alpha value is -2.63. The quantitative estimate of drug-likeness (QED) is 0.795. The van der Waals surface area contributed by atoms with Crippen LogP contribution in [-0.2, 0) is 18.3 Å². The van der Waals surface area contributed by atoms with Crippen LogP contribution in [0.3, 0.4) is 0 Å². The van der Waals surface area contributed by atoms with Crippen LogP contribution in [0.5, 0.6) is 0 Å². The first kappa shape index (κ1) is 13.4. The van der Waals surface area contributed by atoms with Crippen LogP contribution < -0.4 is 5.43 Å². The van der Waals surface area contributed by atoms with E-state index in [-0.39, 0.29) is 5.91 Å². The molecule has 1 N–H and O–H groups in total. The molecule has 0 spiro atoms. The van der Waals surface area contributed by atoms with Crippen LogP contribution in [0.2, 0.25) is 0 Å². The van der Waals surface area contributed by atoms with Gasteiger partial charge in [-0.1, -0.05) is 12.1 Å². The summed E-state index contributed by atoms with van der Waals surface area (Å²) < 4.78 is 3.45. The average Bonchev–Trinajstić information content (AvgIpc) is 2.96. The highest BCUT2D eigenvalue weighted by atomic mass is 16.2. The molecular weight excluding hydrogens is 266 g/mol. The summed E-state index contributed by atoms with van der Waals surface area (Å²) in [4.78, 5) is 16.5. The van der Waals surface area contributed by atoms with E-state index >= 15 is 0 Å². The highest BCUT2D eigenvalue weighted by molar-refractivity contribution is 5.88. The molecule has 0 bridgehead atoms. The number of aromatic nitrogens is 4. The molecule has 6 nitrogen and oxygen atoms in total. The minimum atomic E-state index is -0.0858. The Labute approximate surface area is 122 Å². The maximum absolute atomic E-state index is 12.2. The Bertz CT molecular complexity index is 815. The van der Waals surface area contributed by atoms with E-state index in [1.54, 1.807) is 15.7 Å². The standard InChI is InChI=1S/C15H17N5O/c1-10-12(11(2)19(3)17-10)8-15(21)18-20-9-16-13-6-4-5-7-14(13)20/h4-7,9H,8H2,1-3H3,(H,18,21). The maximum atomic E-state index is 12.2. The molecule has 108 valence electrons. The van der Waals surface area contributed by atoms with Crippen LogP contribution in [-0.4, -0.2) is 25.3 Å². The largest absolute Gasteiger partial charge is 0.273 e. The first-order chi connectivity index (χ1) is 10.1. The van der Waals surface area contributed by atoms with Gasteiger partial charge in [-0.05, 0) is 26.0 Å². The molecule has 0 aliphatic carbocycles. The number of hydrogen-bond acceptors (Lipinski definition) is 3. The van der Waals surface area contributed by atoms with Crippen molar-refractivity contribution in [1.29, 1.82) is 0 Å². The second kappa shape index (κ2) is 5.05. The van der Waals surface area contributed by atoms with Gasteiger partial charge in [-0.3, -0.25) is 14.9 Å². The summed E-state index contributed by atoms with van der Waals surface area (Å²) >= 11 is 0. The van der Waals surface area contributed by atoms with Crippen LogP contribution in [0, 0.1) is 13.8 Å². The highest BCUT2D eigenvalue weighted by Crippen LogP contribution is 2.13. The Morgan fingerprint density at radius 1 is 1.29 bits per heavy atom. The predicted octanol–water partition coefficient (Wildman–Crippen LogP) is 1.70. The van der Waals surface area contributed by atoms with Gasteiger partial charge in [0.15, 0.2) is 0 Å². The molecule has 0 aliphatic rings. The molecule has 1 aromatic carbocycles. The number of amides is 1. The summed E-state index contributed by atoms with van der Waals surface area (Å²) in [5.74, 6) is -0.0858. The summed E-state index contributed by atoms with van der Waals surface area (Å²) in [5, 5.41) is 4.33. The molecule has 1 amide bonds. The molecule has 3 aromatic rings. The lowest BCUT2D eigenvalue weighted by molar-refractivity contribution is -0.116. The van der Waals surface area contributed by atoms with E-state index in [1.165, 1.54) is 0 Å². The number of carbonyl (C=O) groups excluding carboxylic acids is 1. The van der Waals surface area contributed by atoms with Crippen LogP contribution in [0.1, 0.15) is 17.0 Å². The number of nitrogens with one attached hydrogen (secondary N) is 1. The van der Waals surface area contributed by atoms with Crippen molar-refractivity contribution in [2.45, 2.75) is 20.3 Å². The molecule has 0 aliphatic heterocycles. The van der Waals surface area contributed by atoms with E-state index in [2.05, 4.69) is 15.5 Å². The summed E-state index contributed by atoms with van der Waals surface area (Å²) in [7, 11) is 1.88. The molecule has 0 unspecified atom stereocenters. The van der Waals surface area contributed by atoms with E-state index < -0.39 is 0 Å². The third-order valence-electron chi connectivity index (χ3n) is 3.69. The number of hydrogen-bond donors (Lipinski definition) is 1. The number of aryl methyl sites for hydroxylation is 2. The summed E-state index contributed by atoms with van der Waals surface area (Å²) in [6.07, 6.45) is 1.92. The molecule has 6 heteroatoms. The minimum absolute atomic E-state index is 0.0858. The number of benzene rings is 1. The molecule has 2 heterocycles. The third kappa shape index (κ3) is 2.40. The second-order valence-corrected chi connectivity index (χ2v) is 5.09. The van der Waals surface area contributed by atoms with E-state index in [4.69, 9.17) is 0 Å². The van der Waals surface area contributed by atoms with Crippen molar-refractivity contribution in [3.05, 3.63) is 47.5 Å². The van der Waals surface area contributed by atoms with Gasteiger partial charge in [0.1, 0.15) is 6.33 Å². The Morgan fingerprint density at radius 2 is 2.05 bits per heavy atom. The lowest BCUT2D eigenvalue weighted by Gasteiger charge is -2.07. The molecule has 0 saturated carbocycles. The lowest BCUT2D eigenvalue weighted by atomic mass is 10.1. The molecule has 2 aromatic heterocycles. The van der Waals surface area contributed by atoms with Crippen molar-refractivity contribution in [3.63, 3.8) is 0 Å². The summed E-state index contributed by atoms with van der Waals surface area (Å²) in [5.41, 5.74) is 7.46. The fourth-order valence-corrected chi connectivity index (χ4v) is 2.46. The van der Waals surface area contributed by atoms with Crippen molar-refractivity contribution in [1.82, 2.24) is 19.4 Å². The molecular formula is C15H17N5O. The van der Waals surface area contributed by atoms with Crippen LogP contribution in [0.15, 0.2) is 30.6 Å². The molecule has 21 heavy (non-hydrogen) atoms. The van der Waals surface area contributed by atoms with E-state index in [9.17, 15) is 4.79 Å². The molecule has 0 saturated heterocycles. The Morgan fingerprint density at radius 3 is 2.76 bits per heavy atom. The lowest BCUT2D eigenvalue weighted by Crippen LogP contribution is -2.24. The normalized spacial score (nSPS) is 11.0. The number of nitrogens with zero attached hydrogens (tertiary/aromatic N) is 4. The molecule has 0 radical (unpaired) electrons. The maximum Gasteiger partial charge on any atom is 0.243 e. The van der Waals surface area contributed by atoms with Gasteiger partial charge in [0, 0.05) is 18.3 Å². The average molecular weight is 283 g/mol. The second-order valence-electron chi connectivity index (χ2n) is 5.09. The number of rotatable bonds is 3. The Balaban J connectivity index is 1.81. The van der Waals surface area contributed by atoms with Gasteiger partial charge in [-0.25, -0.2) is 9.66 Å². The third-order valence-corrected chi connectivity index (χ3v) is 3.69. The monoisotopic (exact) mass is 283 g/mol. The highest BCUT2D eigenvalue weighted by Gasteiger charge is 2.14. The number of imidazole rings is 1. The van der Waals surface area contributed by atoms with Gasteiger partial charge < -0.3 is 0 Å². The molecule has 0 fully saturated rings. The van der Waals surface area contributed by atoms with Gasteiger partial charge in [0.05, 0.1) is 23.1 Å². The fraction of sp³-hybridized carbons (Fsp3) is 0.267. The number of carbonyl (C=O) groups is 1.